The first-order chi connectivity index (χ1) is 16.0. The van der Waals surface area contributed by atoms with Crippen molar-refractivity contribution < 1.29 is 14.3 Å². The number of amides is 1. The third-order valence-electron chi connectivity index (χ3n) is 6.77. The summed E-state index contributed by atoms with van der Waals surface area (Å²) in [5, 5.41) is 1.16. The minimum absolute atomic E-state index is 0.0284. The zero-order valence-corrected chi connectivity index (χ0v) is 20.2. The number of anilines is 1. The molecule has 1 fully saturated rings. The molecule has 4 heterocycles. The summed E-state index contributed by atoms with van der Waals surface area (Å²) in [5.41, 5.74) is 1.26. The molecule has 2 aliphatic heterocycles. The highest BCUT2D eigenvalue weighted by molar-refractivity contribution is 7.18. The van der Waals surface area contributed by atoms with E-state index in [9.17, 15) is 4.79 Å². The molecule has 0 aliphatic carbocycles. The smallest absolute Gasteiger partial charge is 0.225 e. The molecule has 33 heavy (non-hydrogen) atoms. The van der Waals surface area contributed by atoms with Gasteiger partial charge in [-0.15, -0.1) is 11.3 Å². The first-order valence-electron chi connectivity index (χ1n) is 11.7. The van der Waals surface area contributed by atoms with Crippen molar-refractivity contribution in [3.05, 3.63) is 41.0 Å². The van der Waals surface area contributed by atoms with Gasteiger partial charge in [-0.2, -0.15) is 0 Å². The Balaban J connectivity index is 1.22. The number of benzene rings is 1. The highest BCUT2D eigenvalue weighted by Crippen LogP contribution is 2.36. The molecule has 1 amide bonds. The fourth-order valence-electron chi connectivity index (χ4n) is 4.77. The molecular formula is C25H30N4O3S. The summed E-state index contributed by atoms with van der Waals surface area (Å²) in [6.07, 6.45) is 3.16. The van der Waals surface area contributed by atoms with E-state index in [1.165, 1.54) is 10.4 Å². The van der Waals surface area contributed by atoms with Crippen LogP contribution in [0, 0.1) is 19.8 Å². The lowest BCUT2D eigenvalue weighted by atomic mass is 9.94. The van der Waals surface area contributed by atoms with Crippen LogP contribution in [0.25, 0.3) is 10.2 Å². The Morgan fingerprint density at radius 3 is 2.70 bits per heavy atom. The van der Waals surface area contributed by atoms with Crippen LogP contribution in [-0.2, 0) is 4.79 Å². The monoisotopic (exact) mass is 466 g/mol. The molecule has 0 N–H and O–H groups in total. The number of ether oxygens (including phenoxy) is 2. The number of fused-ring (bicyclic) bond motifs is 2. The number of hydrogen-bond acceptors (Lipinski definition) is 7. The molecule has 0 bridgehead atoms. The number of carbonyl (C=O) groups is 1. The zero-order chi connectivity index (χ0) is 22.9. The number of nitrogens with zero attached hydrogens (tertiary/aromatic N) is 4. The second-order valence-corrected chi connectivity index (χ2v) is 10.00. The van der Waals surface area contributed by atoms with E-state index in [-0.39, 0.29) is 17.9 Å². The van der Waals surface area contributed by atoms with Crippen molar-refractivity contribution in [2.24, 2.45) is 5.92 Å². The topological polar surface area (TPSA) is 67.8 Å². The lowest BCUT2D eigenvalue weighted by Gasteiger charge is -2.36. The van der Waals surface area contributed by atoms with Crippen molar-refractivity contribution in [2.75, 3.05) is 37.7 Å². The number of rotatable bonds is 5. The van der Waals surface area contributed by atoms with Crippen molar-refractivity contribution in [1.82, 2.24) is 14.9 Å². The second kappa shape index (κ2) is 9.17. The van der Waals surface area contributed by atoms with Crippen LogP contribution in [0.15, 0.2) is 30.6 Å². The van der Waals surface area contributed by atoms with E-state index >= 15 is 0 Å². The normalized spacial score (nSPS) is 18.5. The van der Waals surface area contributed by atoms with Crippen LogP contribution >= 0.6 is 11.3 Å². The largest absolute Gasteiger partial charge is 0.486 e. The predicted molar refractivity (Wildman–Crippen MR) is 130 cm³/mol. The molecule has 8 heteroatoms. The van der Waals surface area contributed by atoms with Gasteiger partial charge in [0.15, 0.2) is 17.6 Å². The van der Waals surface area contributed by atoms with Crippen molar-refractivity contribution in [3.63, 3.8) is 0 Å². The summed E-state index contributed by atoms with van der Waals surface area (Å²) in [7, 11) is 0. The summed E-state index contributed by atoms with van der Waals surface area (Å²) in [4.78, 5) is 29.0. The minimum atomic E-state index is -0.150. The molecule has 1 atom stereocenters. The average Bonchev–Trinajstić information content (AvgIpc) is 3.15. The molecule has 1 unspecified atom stereocenters. The Hall–Kier alpha value is -2.87. The highest BCUT2D eigenvalue weighted by atomic mass is 32.1. The molecule has 2 aromatic heterocycles. The first kappa shape index (κ1) is 21.9. The van der Waals surface area contributed by atoms with Gasteiger partial charge < -0.3 is 19.3 Å². The fourth-order valence-corrected chi connectivity index (χ4v) is 5.77. The maximum atomic E-state index is 13.3. The van der Waals surface area contributed by atoms with Crippen molar-refractivity contribution in [3.8, 4) is 11.5 Å². The number of piperidine rings is 1. The first-order valence-corrected chi connectivity index (χ1v) is 12.5. The fraction of sp³-hybridized carbons (Fsp3) is 0.480. The Kier molecular flexibility index (Phi) is 6.10. The van der Waals surface area contributed by atoms with Crippen LogP contribution in [0.4, 0.5) is 5.82 Å². The van der Waals surface area contributed by atoms with Crippen LogP contribution in [0.3, 0.4) is 0 Å². The lowest BCUT2D eigenvalue weighted by Crippen LogP contribution is -2.47. The van der Waals surface area contributed by atoms with E-state index in [0.29, 0.717) is 19.7 Å². The van der Waals surface area contributed by atoms with Crippen molar-refractivity contribution >= 4 is 33.3 Å². The SMILES string of the molecule is CCN(CC1COc2ccccc2O1)C(=O)C1CCN(c2ncnc3sc(C)c(C)c23)CC1. The quantitative estimate of drug-likeness (QED) is 0.561. The molecule has 0 radical (unpaired) electrons. The van der Waals surface area contributed by atoms with Gasteiger partial charge in [0, 0.05) is 30.4 Å². The van der Waals surface area contributed by atoms with Crippen LogP contribution in [0.1, 0.15) is 30.2 Å². The van der Waals surface area contributed by atoms with Crippen LogP contribution in [0.5, 0.6) is 11.5 Å². The number of aromatic nitrogens is 2. The molecule has 3 aromatic rings. The Morgan fingerprint density at radius 1 is 1.18 bits per heavy atom. The van der Waals surface area contributed by atoms with Gasteiger partial charge in [0.05, 0.1) is 11.9 Å². The molecule has 1 saturated heterocycles. The van der Waals surface area contributed by atoms with Gasteiger partial charge in [-0.25, -0.2) is 9.97 Å². The summed E-state index contributed by atoms with van der Waals surface area (Å²) >= 11 is 1.72. The number of hydrogen-bond donors (Lipinski definition) is 0. The van der Waals surface area contributed by atoms with Gasteiger partial charge in [-0.1, -0.05) is 12.1 Å². The van der Waals surface area contributed by atoms with Crippen molar-refractivity contribution in [2.45, 2.75) is 39.7 Å². The number of thiophene rings is 1. The minimum Gasteiger partial charge on any atom is -0.486 e. The van der Waals surface area contributed by atoms with E-state index in [0.717, 1.165) is 53.5 Å². The number of likely N-dealkylation sites (N-methyl/N-ethyl adjacent to an activating group) is 1. The molecule has 7 nitrogen and oxygen atoms in total. The summed E-state index contributed by atoms with van der Waals surface area (Å²) in [6, 6.07) is 7.69. The van der Waals surface area contributed by atoms with Gasteiger partial charge in [0.25, 0.3) is 0 Å². The summed E-state index contributed by atoms with van der Waals surface area (Å²) < 4.78 is 11.9. The van der Waals surface area contributed by atoms with E-state index in [2.05, 4.69) is 28.7 Å². The Labute approximate surface area is 198 Å². The maximum Gasteiger partial charge on any atom is 0.225 e. The van der Waals surface area contributed by atoms with Crippen LogP contribution in [-0.4, -0.2) is 59.7 Å². The molecule has 5 rings (SSSR count). The molecule has 0 saturated carbocycles. The second-order valence-electron chi connectivity index (χ2n) is 8.80. The van der Waals surface area contributed by atoms with E-state index in [1.54, 1.807) is 17.7 Å². The maximum absolute atomic E-state index is 13.3. The number of aryl methyl sites for hydroxylation is 2. The van der Waals surface area contributed by atoms with Crippen LogP contribution in [0.2, 0.25) is 0 Å². The number of carbonyl (C=O) groups excluding carboxylic acids is 1. The van der Waals surface area contributed by atoms with Gasteiger partial charge in [-0.05, 0) is 51.3 Å². The van der Waals surface area contributed by atoms with E-state index in [4.69, 9.17) is 9.47 Å². The standard InChI is InChI=1S/C25H30N4O3S/c1-4-28(13-19-14-31-20-7-5-6-8-21(20)32-19)25(30)18-9-11-29(12-10-18)23-22-16(2)17(3)33-24(22)27-15-26-23/h5-8,15,18-19H,4,9-14H2,1-3H3. The molecule has 1 aromatic carbocycles. The highest BCUT2D eigenvalue weighted by Gasteiger charge is 2.32. The third-order valence-corrected chi connectivity index (χ3v) is 7.89. The third kappa shape index (κ3) is 4.24. The van der Waals surface area contributed by atoms with E-state index < -0.39 is 0 Å². The lowest BCUT2D eigenvalue weighted by molar-refractivity contribution is -0.137. The molecule has 0 spiro atoms. The average molecular weight is 467 g/mol. The summed E-state index contributed by atoms with van der Waals surface area (Å²) in [6.45, 7) is 9.63. The van der Waals surface area contributed by atoms with Gasteiger partial charge >= 0.3 is 0 Å². The Bertz CT molecular complexity index is 1160. The number of para-hydroxylation sites is 2. The summed E-state index contributed by atoms with van der Waals surface area (Å²) in [5.74, 6) is 2.77. The molecular weight excluding hydrogens is 436 g/mol. The van der Waals surface area contributed by atoms with Crippen LogP contribution < -0.4 is 14.4 Å². The van der Waals surface area contributed by atoms with Crippen molar-refractivity contribution in [1.29, 1.82) is 0 Å². The predicted octanol–water partition coefficient (Wildman–Crippen LogP) is 4.21. The molecule has 2 aliphatic rings. The van der Waals surface area contributed by atoms with Gasteiger partial charge in [0.1, 0.15) is 23.6 Å². The zero-order valence-electron chi connectivity index (χ0n) is 19.4. The van der Waals surface area contributed by atoms with E-state index in [1.807, 2.05) is 36.1 Å². The van der Waals surface area contributed by atoms with Gasteiger partial charge in [0.2, 0.25) is 5.91 Å². The molecule has 174 valence electrons. The Morgan fingerprint density at radius 2 is 1.94 bits per heavy atom. The van der Waals surface area contributed by atoms with Gasteiger partial charge in [-0.3, -0.25) is 4.79 Å².